The van der Waals surface area contributed by atoms with Crippen LogP contribution in [0.5, 0.6) is 0 Å². The summed E-state index contributed by atoms with van der Waals surface area (Å²) in [7, 11) is 0. The minimum Gasteiger partial charge on any atom is -0.366 e. The van der Waals surface area contributed by atoms with Crippen LogP contribution in [0.2, 0.25) is 0 Å². The van der Waals surface area contributed by atoms with E-state index in [2.05, 4.69) is 47.9 Å². The van der Waals surface area contributed by atoms with E-state index in [-0.39, 0.29) is 5.56 Å². The molecule has 0 bridgehead atoms. The Bertz CT molecular complexity index is 870. The molecule has 0 aliphatic carbocycles. The first-order valence-corrected chi connectivity index (χ1v) is 9.07. The van der Waals surface area contributed by atoms with Crippen molar-refractivity contribution < 1.29 is 0 Å². The van der Waals surface area contributed by atoms with Crippen molar-refractivity contribution in [1.29, 1.82) is 0 Å². The van der Waals surface area contributed by atoms with Crippen molar-refractivity contribution in [2.45, 2.75) is 33.7 Å². The van der Waals surface area contributed by atoms with Crippen LogP contribution in [0, 0.1) is 5.92 Å². The van der Waals surface area contributed by atoms with Crippen LogP contribution in [0.25, 0.3) is 4.96 Å². The van der Waals surface area contributed by atoms with Crippen LogP contribution in [0.3, 0.4) is 0 Å². The second-order valence-corrected chi connectivity index (χ2v) is 7.26. The van der Waals surface area contributed by atoms with E-state index >= 15 is 0 Å². The number of benzene rings is 1. The molecule has 24 heavy (non-hydrogen) atoms. The highest BCUT2D eigenvalue weighted by Crippen LogP contribution is 2.18. The molecule has 0 N–H and O–H groups in total. The van der Waals surface area contributed by atoms with Crippen LogP contribution < -0.4 is 10.5 Å². The lowest BCUT2D eigenvalue weighted by molar-refractivity contribution is 0.635. The fraction of sp³-hybridized carbons (Fsp3) is 0.389. The summed E-state index contributed by atoms with van der Waals surface area (Å²) in [6.07, 6.45) is 0.869. The largest absolute Gasteiger partial charge is 0.366 e. The second kappa shape index (κ2) is 7.13. The van der Waals surface area contributed by atoms with Gasteiger partial charge in [-0.2, -0.15) is 9.61 Å². The fourth-order valence-electron chi connectivity index (χ4n) is 2.63. The van der Waals surface area contributed by atoms with E-state index < -0.39 is 0 Å². The molecule has 126 valence electrons. The van der Waals surface area contributed by atoms with Crippen molar-refractivity contribution in [3.05, 3.63) is 57.5 Å². The predicted octanol–water partition coefficient (Wildman–Crippen LogP) is 3.38. The molecule has 0 atom stereocenters. The van der Waals surface area contributed by atoms with Gasteiger partial charge in [0.2, 0.25) is 4.96 Å². The first-order valence-electron chi connectivity index (χ1n) is 8.25. The average Bonchev–Trinajstić information content (AvgIpc) is 2.95. The topological polar surface area (TPSA) is 50.5 Å². The summed E-state index contributed by atoms with van der Waals surface area (Å²) in [5.41, 5.74) is 1.81. The molecule has 2 heterocycles. The Morgan fingerprint density at radius 1 is 1.25 bits per heavy atom. The third-order valence-corrected chi connectivity index (χ3v) is 4.71. The Morgan fingerprint density at radius 3 is 2.67 bits per heavy atom. The number of anilines is 1. The molecule has 1 aromatic carbocycles. The molecular weight excluding hydrogens is 320 g/mol. The van der Waals surface area contributed by atoms with E-state index in [0.29, 0.717) is 17.4 Å². The molecular formula is C18H22N4OS. The number of fused-ring (bicyclic) bond motifs is 1. The molecule has 6 heteroatoms. The SMILES string of the molecule is CCN(Cc1cc(=O)n2nc(CC(C)C)sc2n1)c1ccccc1. The molecule has 3 aromatic rings. The quantitative estimate of drug-likeness (QED) is 0.689. The Kier molecular flexibility index (Phi) is 4.94. The van der Waals surface area contributed by atoms with E-state index in [0.717, 1.165) is 29.4 Å². The number of hydrogen-bond acceptors (Lipinski definition) is 5. The maximum atomic E-state index is 12.4. The van der Waals surface area contributed by atoms with Gasteiger partial charge in [0.1, 0.15) is 5.01 Å². The summed E-state index contributed by atoms with van der Waals surface area (Å²) < 4.78 is 1.42. The second-order valence-electron chi connectivity index (χ2n) is 6.22. The first-order chi connectivity index (χ1) is 11.6. The molecule has 0 aliphatic heterocycles. The van der Waals surface area contributed by atoms with E-state index in [1.165, 1.54) is 15.9 Å². The molecule has 5 nitrogen and oxygen atoms in total. The minimum atomic E-state index is -0.106. The van der Waals surface area contributed by atoms with Gasteiger partial charge in [-0.25, -0.2) is 4.98 Å². The van der Waals surface area contributed by atoms with Crippen molar-refractivity contribution in [3.8, 4) is 0 Å². The van der Waals surface area contributed by atoms with Gasteiger partial charge in [0.25, 0.3) is 5.56 Å². The van der Waals surface area contributed by atoms with Crippen LogP contribution in [0.1, 0.15) is 31.5 Å². The molecule has 3 rings (SSSR count). The van der Waals surface area contributed by atoms with Crippen molar-refractivity contribution in [2.75, 3.05) is 11.4 Å². The van der Waals surface area contributed by atoms with Gasteiger partial charge in [-0.05, 0) is 25.0 Å². The van der Waals surface area contributed by atoms with Crippen molar-refractivity contribution in [2.24, 2.45) is 5.92 Å². The molecule has 0 radical (unpaired) electrons. The molecule has 0 saturated carbocycles. The summed E-state index contributed by atoms with van der Waals surface area (Å²) in [5.74, 6) is 0.509. The Morgan fingerprint density at radius 2 is 2.00 bits per heavy atom. The highest BCUT2D eigenvalue weighted by molar-refractivity contribution is 7.16. The zero-order valence-electron chi connectivity index (χ0n) is 14.3. The average molecular weight is 342 g/mol. The zero-order chi connectivity index (χ0) is 17.1. The lowest BCUT2D eigenvalue weighted by Gasteiger charge is -2.22. The van der Waals surface area contributed by atoms with Gasteiger partial charge in [0.15, 0.2) is 0 Å². The van der Waals surface area contributed by atoms with Crippen LogP contribution in [-0.2, 0) is 13.0 Å². The number of hydrogen-bond donors (Lipinski definition) is 0. The minimum absolute atomic E-state index is 0.106. The van der Waals surface area contributed by atoms with Gasteiger partial charge >= 0.3 is 0 Å². The first kappa shape index (κ1) is 16.6. The molecule has 0 spiro atoms. The summed E-state index contributed by atoms with van der Waals surface area (Å²) in [5, 5.41) is 5.36. The molecule has 2 aromatic heterocycles. The Labute approximate surface area is 145 Å². The molecule has 0 amide bonds. The Balaban J connectivity index is 1.91. The van der Waals surface area contributed by atoms with Crippen LogP contribution in [0.4, 0.5) is 5.69 Å². The summed E-state index contributed by atoms with van der Waals surface area (Å²) >= 11 is 1.51. The third kappa shape index (κ3) is 3.64. The highest BCUT2D eigenvalue weighted by atomic mass is 32.1. The standard InChI is InChI=1S/C18H22N4OS/c1-4-21(15-8-6-5-7-9-15)12-14-11-17(23)22-18(19-14)24-16(20-22)10-13(2)3/h5-9,11,13H,4,10,12H2,1-3H3. The van der Waals surface area contributed by atoms with E-state index in [4.69, 9.17) is 0 Å². The zero-order valence-corrected chi connectivity index (χ0v) is 15.1. The maximum absolute atomic E-state index is 12.4. The van der Waals surface area contributed by atoms with Gasteiger partial charge in [-0.15, -0.1) is 0 Å². The summed E-state index contributed by atoms with van der Waals surface area (Å²) in [6, 6.07) is 11.8. The number of rotatable bonds is 6. The molecule has 0 fully saturated rings. The van der Waals surface area contributed by atoms with Crippen molar-refractivity contribution in [1.82, 2.24) is 14.6 Å². The summed E-state index contributed by atoms with van der Waals surface area (Å²) in [4.78, 5) is 19.9. The smallest absolute Gasteiger partial charge is 0.275 e. The van der Waals surface area contributed by atoms with Gasteiger partial charge in [0, 0.05) is 24.7 Å². The molecule has 0 unspecified atom stereocenters. The highest BCUT2D eigenvalue weighted by Gasteiger charge is 2.12. The van der Waals surface area contributed by atoms with Crippen LogP contribution in [0.15, 0.2) is 41.2 Å². The van der Waals surface area contributed by atoms with Gasteiger partial charge in [-0.1, -0.05) is 43.4 Å². The van der Waals surface area contributed by atoms with E-state index in [1.54, 1.807) is 6.07 Å². The van der Waals surface area contributed by atoms with Gasteiger partial charge in [0.05, 0.1) is 12.2 Å². The number of para-hydroxylation sites is 1. The monoisotopic (exact) mass is 342 g/mol. The fourth-order valence-corrected chi connectivity index (χ4v) is 3.76. The van der Waals surface area contributed by atoms with Gasteiger partial charge < -0.3 is 4.90 Å². The van der Waals surface area contributed by atoms with Crippen LogP contribution >= 0.6 is 11.3 Å². The molecule has 0 aliphatic rings. The van der Waals surface area contributed by atoms with Crippen molar-refractivity contribution in [3.63, 3.8) is 0 Å². The maximum Gasteiger partial charge on any atom is 0.275 e. The van der Waals surface area contributed by atoms with E-state index in [9.17, 15) is 4.79 Å². The predicted molar refractivity (Wildman–Crippen MR) is 98.8 cm³/mol. The lowest BCUT2D eigenvalue weighted by Crippen LogP contribution is -2.24. The summed E-state index contributed by atoms with van der Waals surface area (Å²) in [6.45, 7) is 7.86. The van der Waals surface area contributed by atoms with E-state index in [1.807, 2.05) is 18.2 Å². The molecule has 0 saturated heterocycles. The lowest BCUT2D eigenvalue weighted by atomic mass is 10.1. The number of nitrogens with zero attached hydrogens (tertiary/aromatic N) is 4. The Hall–Kier alpha value is -2.21. The van der Waals surface area contributed by atoms with Crippen molar-refractivity contribution >= 4 is 22.0 Å². The normalized spacial score (nSPS) is 11.3. The number of aromatic nitrogens is 3. The van der Waals surface area contributed by atoms with Crippen LogP contribution in [-0.4, -0.2) is 21.1 Å². The third-order valence-electron chi connectivity index (χ3n) is 3.78. The van der Waals surface area contributed by atoms with Gasteiger partial charge in [-0.3, -0.25) is 4.79 Å².